The van der Waals surface area contributed by atoms with Gasteiger partial charge in [-0.05, 0) is 31.2 Å². The average Bonchev–Trinajstić information content (AvgIpc) is 2.46. The lowest BCUT2D eigenvalue weighted by Gasteiger charge is -2.14. The molecule has 1 amide bonds. The molecule has 0 saturated carbocycles. The van der Waals surface area contributed by atoms with Crippen molar-refractivity contribution in [2.45, 2.75) is 13.0 Å². The summed E-state index contributed by atoms with van der Waals surface area (Å²) in [5.74, 6) is 0.402. The van der Waals surface area contributed by atoms with E-state index in [1.807, 2.05) is 55.5 Å². The minimum Gasteiger partial charge on any atom is -0.483 e. The molecule has 5 heteroatoms. The minimum absolute atomic E-state index is 0.0644. The topological polar surface area (TPSA) is 64.3 Å². The third kappa shape index (κ3) is 4.58. The van der Waals surface area contributed by atoms with Gasteiger partial charge in [0.1, 0.15) is 5.75 Å². The molecule has 0 aliphatic heterocycles. The van der Waals surface area contributed by atoms with Crippen molar-refractivity contribution in [2.75, 3.05) is 11.9 Å². The third-order valence-electron chi connectivity index (χ3n) is 2.88. The summed E-state index contributed by atoms with van der Waals surface area (Å²) in [5, 5.41) is 2.77. The first kappa shape index (κ1) is 15.5. The molecule has 0 aromatic heterocycles. The van der Waals surface area contributed by atoms with Crippen molar-refractivity contribution in [1.82, 2.24) is 0 Å². The molecule has 3 N–H and O–H groups in total. The van der Waals surface area contributed by atoms with E-state index in [1.165, 1.54) is 0 Å². The van der Waals surface area contributed by atoms with Gasteiger partial charge in [-0.1, -0.05) is 40.2 Å². The van der Waals surface area contributed by atoms with Gasteiger partial charge in [-0.15, -0.1) is 0 Å². The van der Waals surface area contributed by atoms with E-state index in [0.29, 0.717) is 5.75 Å². The number of anilines is 1. The summed E-state index contributed by atoms with van der Waals surface area (Å²) in [5.41, 5.74) is 7.51. The molecule has 0 aliphatic rings. The molecule has 0 bridgehead atoms. The van der Waals surface area contributed by atoms with Crippen molar-refractivity contribution in [3.63, 3.8) is 0 Å². The van der Waals surface area contributed by atoms with E-state index in [4.69, 9.17) is 10.5 Å². The molecule has 2 rings (SSSR count). The van der Waals surface area contributed by atoms with Crippen LogP contribution in [0.1, 0.15) is 18.5 Å². The second-order valence-corrected chi connectivity index (χ2v) is 5.59. The van der Waals surface area contributed by atoms with E-state index >= 15 is 0 Å². The lowest BCUT2D eigenvalue weighted by atomic mass is 10.1. The van der Waals surface area contributed by atoms with Crippen LogP contribution in [0.2, 0.25) is 0 Å². The lowest BCUT2D eigenvalue weighted by Crippen LogP contribution is -2.21. The van der Waals surface area contributed by atoms with Crippen molar-refractivity contribution >= 4 is 27.5 Å². The summed E-state index contributed by atoms with van der Waals surface area (Å²) in [6.07, 6.45) is 0. The molecule has 0 aliphatic carbocycles. The molecule has 2 aromatic carbocycles. The van der Waals surface area contributed by atoms with Crippen molar-refractivity contribution in [1.29, 1.82) is 0 Å². The fourth-order valence-electron chi connectivity index (χ4n) is 1.87. The highest BCUT2D eigenvalue weighted by molar-refractivity contribution is 9.10. The van der Waals surface area contributed by atoms with Crippen LogP contribution in [0, 0.1) is 0 Å². The lowest BCUT2D eigenvalue weighted by molar-refractivity contribution is -0.118. The van der Waals surface area contributed by atoms with Gasteiger partial charge in [0.15, 0.2) is 6.61 Å². The third-order valence-corrected chi connectivity index (χ3v) is 3.38. The Kier molecular flexibility index (Phi) is 5.36. The monoisotopic (exact) mass is 348 g/mol. The van der Waals surface area contributed by atoms with E-state index in [-0.39, 0.29) is 18.6 Å². The molecule has 0 unspecified atom stereocenters. The van der Waals surface area contributed by atoms with Crippen LogP contribution in [-0.4, -0.2) is 12.5 Å². The fourth-order valence-corrected chi connectivity index (χ4v) is 2.21. The zero-order chi connectivity index (χ0) is 15.2. The van der Waals surface area contributed by atoms with Gasteiger partial charge in [-0.2, -0.15) is 0 Å². The number of hydrogen-bond donors (Lipinski definition) is 2. The van der Waals surface area contributed by atoms with Gasteiger partial charge in [0.2, 0.25) is 0 Å². The predicted octanol–water partition coefficient (Wildman–Crippen LogP) is 3.49. The van der Waals surface area contributed by atoms with Gasteiger partial charge in [-0.3, -0.25) is 4.79 Å². The summed E-state index contributed by atoms with van der Waals surface area (Å²) in [6, 6.07) is 14.7. The van der Waals surface area contributed by atoms with Crippen molar-refractivity contribution in [3.8, 4) is 5.75 Å². The summed E-state index contributed by atoms with van der Waals surface area (Å²) in [7, 11) is 0. The maximum absolute atomic E-state index is 11.9. The Morgan fingerprint density at radius 3 is 2.67 bits per heavy atom. The molecule has 1 atom stereocenters. The molecule has 21 heavy (non-hydrogen) atoms. The number of ether oxygens (including phenoxy) is 1. The smallest absolute Gasteiger partial charge is 0.262 e. The first-order chi connectivity index (χ1) is 10.1. The van der Waals surface area contributed by atoms with Gasteiger partial charge in [0.25, 0.3) is 5.91 Å². The van der Waals surface area contributed by atoms with Crippen molar-refractivity contribution < 1.29 is 9.53 Å². The Labute approximate surface area is 132 Å². The zero-order valence-electron chi connectivity index (χ0n) is 11.7. The van der Waals surface area contributed by atoms with E-state index in [9.17, 15) is 4.79 Å². The molecule has 4 nitrogen and oxygen atoms in total. The second kappa shape index (κ2) is 7.24. The van der Waals surface area contributed by atoms with E-state index in [1.54, 1.807) is 0 Å². The first-order valence-corrected chi connectivity index (χ1v) is 7.38. The van der Waals surface area contributed by atoms with Crippen molar-refractivity contribution in [3.05, 3.63) is 58.6 Å². The van der Waals surface area contributed by atoms with Gasteiger partial charge >= 0.3 is 0 Å². The molecule has 0 radical (unpaired) electrons. The minimum atomic E-state index is -0.211. The number of rotatable bonds is 5. The number of halogens is 1. The van der Waals surface area contributed by atoms with Gasteiger partial charge in [0, 0.05) is 21.8 Å². The standard InChI is InChI=1S/C16H17BrN2O2/c1-11(18)14-8-7-12(17)9-15(14)21-10-16(20)19-13-5-3-2-4-6-13/h2-9,11H,10,18H2,1H3,(H,19,20)/t11-/m0/s1. The average molecular weight is 349 g/mol. The number of nitrogens with one attached hydrogen (secondary N) is 1. The summed E-state index contributed by atoms with van der Waals surface area (Å²) in [6.45, 7) is 1.81. The van der Waals surface area contributed by atoms with Crippen LogP contribution in [0.3, 0.4) is 0 Å². The van der Waals surface area contributed by atoms with E-state index < -0.39 is 0 Å². The maximum Gasteiger partial charge on any atom is 0.262 e. The number of carbonyl (C=O) groups is 1. The Morgan fingerprint density at radius 2 is 2.00 bits per heavy atom. The first-order valence-electron chi connectivity index (χ1n) is 6.59. The highest BCUT2D eigenvalue weighted by Gasteiger charge is 2.11. The summed E-state index contributed by atoms with van der Waals surface area (Å²) < 4.78 is 6.47. The second-order valence-electron chi connectivity index (χ2n) is 4.67. The molecule has 0 spiro atoms. The Bertz CT molecular complexity index is 615. The SMILES string of the molecule is C[C@H](N)c1ccc(Br)cc1OCC(=O)Nc1ccccc1. The number of amides is 1. The molecular weight excluding hydrogens is 332 g/mol. The largest absolute Gasteiger partial charge is 0.483 e. The van der Waals surface area contributed by atoms with Crippen LogP contribution >= 0.6 is 15.9 Å². The Balaban J connectivity index is 1.99. The number of para-hydroxylation sites is 1. The predicted molar refractivity (Wildman–Crippen MR) is 87.3 cm³/mol. The normalized spacial score (nSPS) is 11.8. The fraction of sp³-hybridized carbons (Fsp3) is 0.188. The van der Waals surface area contributed by atoms with E-state index in [2.05, 4.69) is 21.2 Å². The zero-order valence-corrected chi connectivity index (χ0v) is 13.3. The van der Waals surface area contributed by atoms with Crippen LogP contribution in [0.4, 0.5) is 5.69 Å². The Morgan fingerprint density at radius 1 is 1.29 bits per heavy atom. The van der Waals surface area contributed by atoms with Gasteiger partial charge < -0.3 is 15.8 Å². The molecule has 2 aromatic rings. The molecule has 0 saturated heterocycles. The highest BCUT2D eigenvalue weighted by Crippen LogP contribution is 2.27. The van der Waals surface area contributed by atoms with Crippen LogP contribution in [0.25, 0.3) is 0 Å². The molecule has 0 heterocycles. The number of benzene rings is 2. The van der Waals surface area contributed by atoms with Crippen molar-refractivity contribution in [2.24, 2.45) is 5.73 Å². The molecule has 0 fully saturated rings. The number of carbonyl (C=O) groups excluding carboxylic acids is 1. The molecular formula is C16H17BrN2O2. The number of hydrogen-bond acceptors (Lipinski definition) is 3. The van der Waals surface area contributed by atoms with Gasteiger partial charge in [0.05, 0.1) is 0 Å². The van der Waals surface area contributed by atoms with Crippen LogP contribution in [0.5, 0.6) is 5.75 Å². The molecule has 110 valence electrons. The summed E-state index contributed by atoms with van der Waals surface area (Å²) >= 11 is 3.38. The maximum atomic E-state index is 11.9. The van der Waals surface area contributed by atoms with Crippen LogP contribution in [-0.2, 0) is 4.79 Å². The van der Waals surface area contributed by atoms with Crippen LogP contribution in [0.15, 0.2) is 53.0 Å². The van der Waals surface area contributed by atoms with E-state index in [0.717, 1.165) is 15.7 Å². The van der Waals surface area contributed by atoms with Crippen LogP contribution < -0.4 is 15.8 Å². The number of nitrogens with two attached hydrogens (primary N) is 1. The Hall–Kier alpha value is -1.85. The highest BCUT2D eigenvalue weighted by atomic mass is 79.9. The summed E-state index contributed by atoms with van der Waals surface area (Å²) in [4.78, 5) is 11.9. The quantitative estimate of drug-likeness (QED) is 0.869. The van der Waals surface area contributed by atoms with Gasteiger partial charge in [-0.25, -0.2) is 0 Å².